The molecular weight excluding hydrogens is 400 g/mol. The number of aryl methyl sites for hydroxylation is 1. The van der Waals surface area contributed by atoms with E-state index in [1.54, 1.807) is 4.57 Å². The zero-order chi connectivity index (χ0) is 22.7. The van der Waals surface area contributed by atoms with Crippen LogP contribution >= 0.6 is 0 Å². The van der Waals surface area contributed by atoms with E-state index in [1.165, 1.54) is 5.56 Å². The van der Waals surface area contributed by atoms with E-state index in [9.17, 15) is 4.79 Å². The molecule has 0 saturated heterocycles. The number of nitrogen functional groups attached to an aromatic ring is 1. The molecule has 0 bridgehead atoms. The monoisotopic (exact) mass is 430 g/mol. The smallest absolute Gasteiger partial charge is 0.344 e. The van der Waals surface area contributed by atoms with Crippen LogP contribution in [0.2, 0.25) is 0 Å². The molecule has 6 heteroatoms. The van der Waals surface area contributed by atoms with Gasteiger partial charge in [-0.1, -0.05) is 57.9 Å². The number of unbranched alkanes of at least 4 members (excludes halogenated alkanes) is 1. The average Bonchev–Trinajstić information content (AvgIpc) is 3.10. The molecule has 0 aliphatic rings. The minimum absolute atomic E-state index is 0.274. The zero-order valence-corrected chi connectivity index (χ0v) is 19.0. The molecule has 32 heavy (non-hydrogen) atoms. The van der Waals surface area contributed by atoms with Gasteiger partial charge in [0.2, 0.25) is 0 Å². The van der Waals surface area contributed by atoms with Crippen molar-refractivity contribution in [3.05, 3.63) is 59.7 Å². The number of nitrogens with two attached hydrogens (primary N) is 1. The van der Waals surface area contributed by atoms with Crippen LogP contribution in [0.25, 0.3) is 27.9 Å². The average molecular weight is 431 g/mol. The Bertz CT molecular complexity index is 1240. The first-order valence-corrected chi connectivity index (χ1v) is 11.4. The molecule has 0 amide bonds. The predicted molar refractivity (Wildman–Crippen MR) is 129 cm³/mol. The molecule has 6 nitrogen and oxygen atoms in total. The molecule has 4 aromatic rings. The van der Waals surface area contributed by atoms with Gasteiger partial charge in [-0.25, -0.2) is 14.8 Å². The van der Waals surface area contributed by atoms with Gasteiger partial charge < -0.3 is 10.5 Å². The molecule has 0 fully saturated rings. The number of carbonyl (C=O) groups excluding carboxylic acids is 1. The Balaban J connectivity index is 1.85. The van der Waals surface area contributed by atoms with E-state index in [0.29, 0.717) is 29.1 Å². The van der Waals surface area contributed by atoms with Crippen LogP contribution in [0.4, 0.5) is 5.82 Å². The number of nitrogens with zero attached hydrogens (tertiary/aromatic N) is 3. The van der Waals surface area contributed by atoms with E-state index in [-0.39, 0.29) is 11.5 Å². The summed E-state index contributed by atoms with van der Waals surface area (Å²) >= 11 is 0. The first-order valence-electron chi connectivity index (χ1n) is 11.4. The molecule has 1 atom stereocenters. The minimum atomic E-state index is -0.462. The highest BCUT2D eigenvalue weighted by molar-refractivity contribution is 6.09. The molecule has 0 aliphatic heterocycles. The normalized spacial score (nSPS) is 12.3. The number of para-hydroxylation sites is 2. The van der Waals surface area contributed by atoms with Crippen LogP contribution in [0, 0.1) is 5.92 Å². The highest BCUT2D eigenvalue weighted by atomic mass is 16.5. The van der Waals surface area contributed by atoms with Gasteiger partial charge in [0.1, 0.15) is 16.9 Å². The molecule has 2 N–H and O–H groups in total. The van der Waals surface area contributed by atoms with Gasteiger partial charge in [0, 0.05) is 5.69 Å². The lowest BCUT2D eigenvalue weighted by atomic mass is 10.1. The van der Waals surface area contributed by atoms with Crippen molar-refractivity contribution in [3.63, 3.8) is 0 Å². The van der Waals surface area contributed by atoms with Crippen molar-refractivity contribution in [2.75, 3.05) is 12.3 Å². The van der Waals surface area contributed by atoms with Gasteiger partial charge in [0.25, 0.3) is 0 Å². The molecule has 0 saturated carbocycles. The molecule has 0 unspecified atom stereocenters. The molecule has 0 spiro atoms. The van der Waals surface area contributed by atoms with E-state index in [0.717, 1.165) is 36.9 Å². The standard InChI is InChI=1S/C26H30N4O2/c1-4-6-9-18-12-14-19(15-13-18)30-24(27)22(26(31)32-16-17(3)5-2)23-25(30)29-21-11-8-7-10-20(21)28-23/h7-8,10-15,17H,4-6,9,16,27H2,1-3H3/t17-/m1/s1. The number of benzene rings is 2. The van der Waals surface area contributed by atoms with E-state index >= 15 is 0 Å². The summed E-state index contributed by atoms with van der Waals surface area (Å²) in [6.45, 7) is 6.65. The fourth-order valence-electron chi connectivity index (χ4n) is 3.72. The van der Waals surface area contributed by atoms with Crippen molar-refractivity contribution in [3.8, 4) is 5.69 Å². The quantitative estimate of drug-likeness (QED) is 0.363. The Kier molecular flexibility index (Phi) is 6.40. The summed E-state index contributed by atoms with van der Waals surface area (Å²) in [6, 6.07) is 15.9. The number of hydrogen-bond donors (Lipinski definition) is 1. The summed E-state index contributed by atoms with van der Waals surface area (Å²) in [6.07, 6.45) is 4.27. The molecule has 2 aromatic heterocycles. The molecule has 2 aromatic carbocycles. The summed E-state index contributed by atoms with van der Waals surface area (Å²) in [7, 11) is 0. The van der Waals surface area contributed by atoms with Crippen molar-refractivity contribution < 1.29 is 9.53 Å². The van der Waals surface area contributed by atoms with E-state index in [1.807, 2.05) is 43.3 Å². The lowest BCUT2D eigenvalue weighted by Gasteiger charge is -2.10. The maximum Gasteiger partial charge on any atom is 0.344 e. The molecule has 166 valence electrons. The van der Waals surface area contributed by atoms with Gasteiger partial charge in [0.05, 0.1) is 17.6 Å². The Morgan fingerprint density at radius 3 is 2.41 bits per heavy atom. The largest absolute Gasteiger partial charge is 0.462 e. The number of esters is 1. The van der Waals surface area contributed by atoms with E-state index < -0.39 is 5.97 Å². The number of carbonyl (C=O) groups is 1. The number of ether oxygens (including phenoxy) is 1. The van der Waals surface area contributed by atoms with Gasteiger partial charge in [-0.15, -0.1) is 0 Å². The summed E-state index contributed by atoms with van der Waals surface area (Å²) in [5, 5.41) is 0. The SMILES string of the molecule is CCCCc1ccc(-n2c(N)c(C(=O)OC[C@H](C)CC)c3nc4ccccc4nc32)cc1. The van der Waals surface area contributed by atoms with Crippen LogP contribution in [-0.4, -0.2) is 27.1 Å². The summed E-state index contributed by atoms with van der Waals surface area (Å²) < 4.78 is 7.40. The molecule has 2 heterocycles. The Hall–Kier alpha value is -3.41. The highest BCUT2D eigenvalue weighted by Crippen LogP contribution is 2.31. The highest BCUT2D eigenvalue weighted by Gasteiger charge is 2.26. The van der Waals surface area contributed by atoms with Crippen LogP contribution in [0.3, 0.4) is 0 Å². The van der Waals surface area contributed by atoms with Gasteiger partial charge in [-0.05, 0) is 48.6 Å². The number of aromatic nitrogens is 3. The van der Waals surface area contributed by atoms with Gasteiger partial charge in [-0.2, -0.15) is 0 Å². The lowest BCUT2D eigenvalue weighted by Crippen LogP contribution is -2.13. The van der Waals surface area contributed by atoms with Crippen molar-refractivity contribution >= 4 is 34.0 Å². The Morgan fingerprint density at radius 2 is 1.75 bits per heavy atom. The third-order valence-corrected chi connectivity index (χ3v) is 5.91. The summed E-state index contributed by atoms with van der Waals surface area (Å²) in [5.74, 6) is 0.109. The predicted octanol–water partition coefficient (Wildman–Crippen LogP) is 5.70. The minimum Gasteiger partial charge on any atom is -0.462 e. The van der Waals surface area contributed by atoms with Crippen molar-refractivity contribution in [1.29, 1.82) is 0 Å². The summed E-state index contributed by atoms with van der Waals surface area (Å²) in [4.78, 5) is 22.6. The van der Waals surface area contributed by atoms with E-state index in [4.69, 9.17) is 20.4 Å². The van der Waals surface area contributed by atoms with Crippen LogP contribution < -0.4 is 5.73 Å². The van der Waals surface area contributed by atoms with Crippen LogP contribution in [0.1, 0.15) is 56.0 Å². The zero-order valence-electron chi connectivity index (χ0n) is 19.0. The van der Waals surface area contributed by atoms with Crippen molar-refractivity contribution in [1.82, 2.24) is 14.5 Å². The fourth-order valence-corrected chi connectivity index (χ4v) is 3.72. The number of rotatable bonds is 8. The molecule has 0 radical (unpaired) electrons. The maximum atomic E-state index is 13.1. The third kappa shape index (κ3) is 4.17. The van der Waals surface area contributed by atoms with Crippen LogP contribution in [-0.2, 0) is 11.2 Å². The van der Waals surface area contributed by atoms with Crippen LogP contribution in [0.15, 0.2) is 48.5 Å². The van der Waals surface area contributed by atoms with E-state index in [2.05, 4.69) is 26.0 Å². The first-order chi connectivity index (χ1) is 15.5. The van der Waals surface area contributed by atoms with Gasteiger partial charge in [-0.3, -0.25) is 4.57 Å². The second-order valence-corrected chi connectivity index (χ2v) is 8.36. The second kappa shape index (κ2) is 9.39. The molecular formula is C26H30N4O2. The number of fused-ring (bicyclic) bond motifs is 2. The third-order valence-electron chi connectivity index (χ3n) is 5.91. The van der Waals surface area contributed by atoms with Gasteiger partial charge in [0.15, 0.2) is 5.65 Å². The van der Waals surface area contributed by atoms with Crippen molar-refractivity contribution in [2.45, 2.75) is 46.5 Å². The number of hydrogen-bond acceptors (Lipinski definition) is 5. The lowest BCUT2D eigenvalue weighted by molar-refractivity contribution is 0.0450. The summed E-state index contributed by atoms with van der Waals surface area (Å²) in [5.41, 5.74) is 11.4. The number of anilines is 1. The molecule has 4 rings (SSSR count). The van der Waals surface area contributed by atoms with Gasteiger partial charge >= 0.3 is 5.97 Å². The second-order valence-electron chi connectivity index (χ2n) is 8.36. The molecule has 0 aliphatic carbocycles. The van der Waals surface area contributed by atoms with Crippen LogP contribution in [0.5, 0.6) is 0 Å². The first kappa shape index (κ1) is 21.8. The topological polar surface area (TPSA) is 83.0 Å². The Labute approximate surface area is 188 Å². The Morgan fingerprint density at radius 1 is 1.06 bits per heavy atom. The maximum absolute atomic E-state index is 13.1. The van der Waals surface area contributed by atoms with Crippen molar-refractivity contribution in [2.24, 2.45) is 5.92 Å². The fraction of sp³-hybridized carbons (Fsp3) is 0.346.